The van der Waals surface area contributed by atoms with Crippen molar-refractivity contribution < 1.29 is 18.7 Å². The second-order valence-corrected chi connectivity index (χ2v) is 6.46. The number of furan rings is 1. The summed E-state index contributed by atoms with van der Waals surface area (Å²) in [6, 6.07) is 20.8. The van der Waals surface area contributed by atoms with E-state index < -0.39 is 6.10 Å². The van der Waals surface area contributed by atoms with Crippen LogP contribution in [0.25, 0.3) is 21.9 Å². The monoisotopic (exact) mass is 375 g/mol. The Morgan fingerprint density at radius 3 is 2.46 bits per heavy atom. The maximum atomic E-state index is 12.7. The zero-order chi connectivity index (χ0) is 19.5. The SMILES string of the molecule is CC[C@@H](Oc1ccccc1OC)C(=O)Nc1ccc2c(c1)oc1ccccc12. The fourth-order valence-electron chi connectivity index (χ4n) is 3.22. The number of hydrogen-bond acceptors (Lipinski definition) is 4. The molecule has 0 bridgehead atoms. The predicted molar refractivity (Wildman–Crippen MR) is 110 cm³/mol. The number of benzene rings is 3. The van der Waals surface area contributed by atoms with Crippen LogP contribution in [-0.4, -0.2) is 19.1 Å². The van der Waals surface area contributed by atoms with Gasteiger partial charge in [-0.05, 0) is 36.8 Å². The van der Waals surface area contributed by atoms with Gasteiger partial charge in [-0.25, -0.2) is 0 Å². The van der Waals surface area contributed by atoms with E-state index >= 15 is 0 Å². The van der Waals surface area contributed by atoms with Gasteiger partial charge in [-0.15, -0.1) is 0 Å². The van der Waals surface area contributed by atoms with Crippen LogP contribution >= 0.6 is 0 Å². The van der Waals surface area contributed by atoms with E-state index in [0.29, 0.717) is 23.6 Å². The highest BCUT2D eigenvalue weighted by molar-refractivity contribution is 6.06. The zero-order valence-electron chi connectivity index (χ0n) is 15.8. The Kier molecular flexibility index (Phi) is 4.89. The van der Waals surface area contributed by atoms with Crippen LogP contribution in [0.4, 0.5) is 5.69 Å². The Morgan fingerprint density at radius 2 is 1.68 bits per heavy atom. The molecule has 1 N–H and O–H groups in total. The molecule has 1 atom stereocenters. The standard InChI is InChI=1S/C23H21NO4/c1-3-18(27-21-11-7-6-10-20(21)26-2)23(25)24-15-12-13-17-16-8-4-5-9-19(16)28-22(17)14-15/h4-14,18H,3H2,1-2H3,(H,24,25)/t18-/m1/s1. The second kappa shape index (κ2) is 7.64. The van der Waals surface area contributed by atoms with Crippen molar-refractivity contribution in [3.63, 3.8) is 0 Å². The van der Waals surface area contributed by atoms with Crippen molar-refractivity contribution in [2.24, 2.45) is 0 Å². The number of anilines is 1. The molecule has 1 aromatic heterocycles. The Morgan fingerprint density at radius 1 is 0.964 bits per heavy atom. The number of amides is 1. The van der Waals surface area contributed by atoms with Gasteiger partial charge < -0.3 is 19.2 Å². The highest BCUT2D eigenvalue weighted by atomic mass is 16.5. The van der Waals surface area contributed by atoms with Crippen molar-refractivity contribution in [3.05, 3.63) is 66.7 Å². The normalized spacial score (nSPS) is 12.1. The van der Waals surface area contributed by atoms with E-state index in [9.17, 15) is 4.79 Å². The molecule has 0 spiro atoms. The molecule has 0 radical (unpaired) electrons. The molecule has 0 saturated carbocycles. The molecule has 0 saturated heterocycles. The van der Waals surface area contributed by atoms with Gasteiger partial charge in [0.05, 0.1) is 7.11 Å². The van der Waals surface area contributed by atoms with Gasteiger partial charge in [0.15, 0.2) is 17.6 Å². The lowest BCUT2D eigenvalue weighted by molar-refractivity contribution is -0.122. The van der Waals surface area contributed by atoms with Gasteiger partial charge in [0, 0.05) is 22.5 Å². The first-order valence-corrected chi connectivity index (χ1v) is 9.21. The summed E-state index contributed by atoms with van der Waals surface area (Å²) in [6.45, 7) is 1.90. The van der Waals surface area contributed by atoms with Gasteiger partial charge in [-0.2, -0.15) is 0 Å². The third kappa shape index (κ3) is 3.39. The summed E-state index contributed by atoms with van der Waals surface area (Å²) in [5.74, 6) is 0.918. The van der Waals surface area contributed by atoms with Crippen LogP contribution in [-0.2, 0) is 4.79 Å². The minimum atomic E-state index is -0.636. The molecule has 0 aliphatic heterocycles. The molecule has 4 aromatic rings. The quantitative estimate of drug-likeness (QED) is 0.491. The van der Waals surface area contributed by atoms with Crippen molar-refractivity contribution in [1.82, 2.24) is 0 Å². The van der Waals surface area contributed by atoms with Crippen molar-refractivity contribution in [3.8, 4) is 11.5 Å². The van der Waals surface area contributed by atoms with Crippen molar-refractivity contribution in [2.45, 2.75) is 19.4 Å². The van der Waals surface area contributed by atoms with Gasteiger partial charge in [-0.1, -0.05) is 37.3 Å². The summed E-state index contributed by atoms with van der Waals surface area (Å²) in [7, 11) is 1.58. The number of hydrogen-bond donors (Lipinski definition) is 1. The number of fused-ring (bicyclic) bond motifs is 3. The van der Waals surface area contributed by atoms with E-state index in [1.165, 1.54) is 0 Å². The van der Waals surface area contributed by atoms with Crippen LogP contribution in [0, 0.1) is 0 Å². The molecular formula is C23H21NO4. The molecule has 142 valence electrons. The summed E-state index contributed by atoms with van der Waals surface area (Å²) in [6.07, 6.45) is -0.112. The molecule has 28 heavy (non-hydrogen) atoms. The van der Waals surface area contributed by atoms with Crippen LogP contribution in [0.3, 0.4) is 0 Å². The van der Waals surface area contributed by atoms with E-state index in [1.807, 2.05) is 61.5 Å². The maximum absolute atomic E-state index is 12.7. The Bertz CT molecular complexity index is 1130. The lowest BCUT2D eigenvalue weighted by Crippen LogP contribution is -2.32. The summed E-state index contributed by atoms with van der Waals surface area (Å²) in [5.41, 5.74) is 2.23. The summed E-state index contributed by atoms with van der Waals surface area (Å²) in [4.78, 5) is 12.7. The average molecular weight is 375 g/mol. The minimum absolute atomic E-state index is 0.219. The average Bonchev–Trinajstić information content (AvgIpc) is 3.09. The first-order valence-electron chi connectivity index (χ1n) is 9.21. The number of ether oxygens (including phenoxy) is 2. The van der Waals surface area contributed by atoms with Crippen LogP contribution in [0.15, 0.2) is 71.1 Å². The third-order valence-corrected chi connectivity index (χ3v) is 4.65. The van der Waals surface area contributed by atoms with Gasteiger partial charge in [-0.3, -0.25) is 4.79 Å². The lowest BCUT2D eigenvalue weighted by atomic mass is 10.1. The fraction of sp³-hybridized carbons (Fsp3) is 0.174. The van der Waals surface area contributed by atoms with E-state index in [-0.39, 0.29) is 5.91 Å². The van der Waals surface area contributed by atoms with Crippen LogP contribution in [0.5, 0.6) is 11.5 Å². The van der Waals surface area contributed by atoms with Gasteiger partial charge in [0.1, 0.15) is 11.2 Å². The number of carbonyl (C=O) groups is 1. The van der Waals surface area contributed by atoms with Gasteiger partial charge in [0.2, 0.25) is 0 Å². The molecule has 0 aliphatic carbocycles. The first kappa shape index (κ1) is 17.9. The highest BCUT2D eigenvalue weighted by Crippen LogP contribution is 2.31. The third-order valence-electron chi connectivity index (χ3n) is 4.65. The number of carbonyl (C=O) groups excluding carboxylic acids is 1. The Balaban J connectivity index is 1.55. The van der Waals surface area contributed by atoms with Crippen LogP contribution in [0.2, 0.25) is 0 Å². The fourth-order valence-corrected chi connectivity index (χ4v) is 3.22. The highest BCUT2D eigenvalue weighted by Gasteiger charge is 2.20. The zero-order valence-corrected chi connectivity index (χ0v) is 15.8. The molecule has 5 nitrogen and oxygen atoms in total. The predicted octanol–water partition coefficient (Wildman–Crippen LogP) is 5.39. The lowest BCUT2D eigenvalue weighted by Gasteiger charge is -2.18. The largest absolute Gasteiger partial charge is 0.493 e. The molecule has 0 aliphatic rings. The smallest absolute Gasteiger partial charge is 0.265 e. The van der Waals surface area contributed by atoms with Gasteiger partial charge in [0.25, 0.3) is 5.91 Å². The number of para-hydroxylation sites is 3. The summed E-state index contributed by atoms with van der Waals surface area (Å²) in [5, 5.41) is 5.00. The Labute approximate surface area is 162 Å². The summed E-state index contributed by atoms with van der Waals surface area (Å²) >= 11 is 0. The van der Waals surface area contributed by atoms with E-state index in [0.717, 1.165) is 21.9 Å². The topological polar surface area (TPSA) is 60.7 Å². The molecule has 1 heterocycles. The van der Waals surface area contributed by atoms with Crippen LogP contribution in [0.1, 0.15) is 13.3 Å². The molecule has 3 aromatic carbocycles. The molecule has 0 unspecified atom stereocenters. The van der Waals surface area contributed by atoms with E-state index in [1.54, 1.807) is 19.2 Å². The van der Waals surface area contributed by atoms with Crippen LogP contribution < -0.4 is 14.8 Å². The number of rotatable bonds is 6. The van der Waals surface area contributed by atoms with E-state index in [4.69, 9.17) is 13.9 Å². The molecule has 5 heteroatoms. The van der Waals surface area contributed by atoms with Crippen molar-refractivity contribution in [2.75, 3.05) is 12.4 Å². The molecule has 4 rings (SSSR count). The number of methoxy groups -OCH3 is 1. The molecule has 1 amide bonds. The van der Waals surface area contributed by atoms with Crippen molar-refractivity contribution >= 4 is 33.5 Å². The van der Waals surface area contributed by atoms with E-state index in [2.05, 4.69) is 5.32 Å². The number of nitrogens with one attached hydrogen (secondary N) is 1. The summed E-state index contributed by atoms with van der Waals surface area (Å²) < 4.78 is 17.1. The minimum Gasteiger partial charge on any atom is -0.493 e. The Hall–Kier alpha value is -3.47. The first-order chi connectivity index (χ1) is 13.7. The van der Waals surface area contributed by atoms with Crippen molar-refractivity contribution in [1.29, 1.82) is 0 Å². The molecule has 0 fully saturated rings. The maximum Gasteiger partial charge on any atom is 0.265 e. The molecular weight excluding hydrogens is 354 g/mol. The van der Waals surface area contributed by atoms with Gasteiger partial charge >= 0.3 is 0 Å². The second-order valence-electron chi connectivity index (χ2n) is 6.46.